The minimum Gasteiger partial charge on any atom is -0.496 e. The quantitative estimate of drug-likeness (QED) is 0.820. The highest BCUT2D eigenvalue weighted by Gasteiger charge is 2.27. The van der Waals surface area contributed by atoms with E-state index in [4.69, 9.17) is 4.74 Å². The molecule has 1 aromatic carbocycles. The summed E-state index contributed by atoms with van der Waals surface area (Å²) in [6.07, 6.45) is 5.43. The average molecular weight is 340 g/mol. The SMILES string of the molecule is CCNC(c1ccc(OC)c(Br)c1)C1CCCC(C)C1. The van der Waals surface area contributed by atoms with E-state index in [0.717, 1.165) is 28.6 Å². The summed E-state index contributed by atoms with van der Waals surface area (Å²) in [5, 5.41) is 3.69. The summed E-state index contributed by atoms with van der Waals surface area (Å²) in [7, 11) is 1.71. The Labute approximate surface area is 131 Å². The largest absolute Gasteiger partial charge is 0.496 e. The zero-order valence-corrected chi connectivity index (χ0v) is 14.4. The van der Waals surface area contributed by atoms with Gasteiger partial charge in [-0.3, -0.25) is 0 Å². The summed E-state index contributed by atoms with van der Waals surface area (Å²) in [6.45, 7) is 5.59. The van der Waals surface area contributed by atoms with E-state index in [9.17, 15) is 0 Å². The van der Waals surface area contributed by atoms with Gasteiger partial charge in [0.1, 0.15) is 5.75 Å². The minimum absolute atomic E-state index is 0.463. The first-order valence-corrected chi connectivity index (χ1v) is 8.51. The van der Waals surface area contributed by atoms with Crippen LogP contribution in [0.15, 0.2) is 22.7 Å². The van der Waals surface area contributed by atoms with Crippen LogP contribution < -0.4 is 10.1 Å². The van der Waals surface area contributed by atoms with Crippen molar-refractivity contribution >= 4 is 15.9 Å². The molecule has 0 aromatic heterocycles. The summed E-state index contributed by atoms with van der Waals surface area (Å²) >= 11 is 3.61. The van der Waals surface area contributed by atoms with Crippen LogP contribution in [0.2, 0.25) is 0 Å². The molecule has 0 amide bonds. The summed E-state index contributed by atoms with van der Waals surface area (Å²) < 4.78 is 6.38. The fourth-order valence-electron chi connectivity index (χ4n) is 3.44. The molecule has 3 atom stereocenters. The van der Waals surface area contributed by atoms with E-state index < -0.39 is 0 Å². The molecule has 0 radical (unpaired) electrons. The van der Waals surface area contributed by atoms with Gasteiger partial charge in [-0.15, -0.1) is 0 Å². The molecular weight excluding hydrogens is 314 g/mol. The fraction of sp³-hybridized carbons (Fsp3) is 0.647. The first-order valence-electron chi connectivity index (χ1n) is 7.72. The third-order valence-corrected chi connectivity index (χ3v) is 5.03. The number of methoxy groups -OCH3 is 1. The van der Waals surface area contributed by atoms with Crippen molar-refractivity contribution in [1.29, 1.82) is 0 Å². The minimum atomic E-state index is 0.463. The lowest BCUT2D eigenvalue weighted by Crippen LogP contribution is -2.31. The van der Waals surface area contributed by atoms with Crippen molar-refractivity contribution in [2.24, 2.45) is 11.8 Å². The number of ether oxygens (including phenoxy) is 1. The molecule has 0 saturated heterocycles. The molecule has 3 unspecified atom stereocenters. The molecule has 3 heteroatoms. The van der Waals surface area contributed by atoms with Crippen LogP contribution in [-0.4, -0.2) is 13.7 Å². The van der Waals surface area contributed by atoms with Crippen LogP contribution in [0.3, 0.4) is 0 Å². The Morgan fingerprint density at radius 2 is 2.20 bits per heavy atom. The van der Waals surface area contributed by atoms with E-state index in [1.54, 1.807) is 7.11 Å². The number of benzene rings is 1. The molecule has 0 heterocycles. The molecule has 1 aliphatic carbocycles. The highest BCUT2D eigenvalue weighted by atomic mass is 79.9. The fourth-order valence-corrected chi connectivity index (χ4v) is 3.99. The molecule has 112 valence electrons. The van der Waals surface area contributed by atoms with Crippen molar-refractivity contribution in [2.45, 2.75) is 45.6 Å². The maximum absolute atomic E-state index is 5.33. The first-order chi connectivity index (χ1) is 9.65. The second-order valence-electron chi connectivity index (χ2n) is 5.96. The molecule has 1 saturated carbocycles. The predicted octanol–water partition coefficient (Wildman–Crippen LogP) is 4.93. The molecule has 20 heavy (non-hydrogen) atoms. The van der Waals surface area contributed by atoms with Gasteiger partial charge in [-0.2, -0.15) is 0 Å². The van der Waals surface area contributed by atoms with Crippen molar-refractivity contribution in [3.63, 3.8) is 0 Å². The van der Waals surface area contributed by atoms with E-state index >= 15 is 0 Å². The highest BCUT2D eigenvalue weighted by molar-refractivity contribution is 9.10. The molecule has 1 aromatic rings. The second kappa shape index (κ2) is 7.46. The standard InChI is InChI=1S/C17H26BrNO/c1-4-19-17(13-7-5-6-12(2)10-13)14-8-9-16(20-3)15(18)11-14/h8-9,11-13,17,19H,4-7,10H2,1-3H3. The van der Waals surface area contributed by atoms with Crippen LogP contribution in [0.1, 0.15) is 51.1 Å². The van der Waals surface area contributed by atoms with Crippen LogP contribution in [0, 0.1) is 11.8 Å². The molecular formula is C17H26BrNO. The number of hydrogen-bond acceptors (Lipinski definition) is 2. The van der Waals surface area contributed by atoms with E-state index in [1.165, 1.54) is 31.2 Å². The van der Waals surface area contributed by atoms with Crippen molar-refractivity contribution in [1.82, 2.24) is 5.32 Å². The Kier molecular flexibility index (Phi) is 5.91. The molecule has 1 N–H and O–H groups in total. The lowest BCUT2D eigenvalue weighted by molar-refractivity contribution is 0.225. The van der Waals surface area contributed by atoms with Crippen molar-refractivity contribution in [3.8, 4) is 5.75 Å². The zero-order chi connectivity index (χ0) is 14.5. The van der Waals surface area contributed by atoms with Crippen LogP contribution in [0.4, 0.5) is 0 Å². The van der Waals surface area contributed by atoms with Gasteiger partial charge in [-0.05, 0) is 64.8 Å². The van der Waals surface area contributed by atoms with Crippen LogP contribution in [0.5, 0.6) is 5.75 Å². The lowest BCUT2D eigenvalue weighted by atomic mass is 9.76. The Bertz CT molecular complexity index is 435. The van der Waals surface area contributed by atoms with Gasteiger partial charge in [0.25, 0.3) is 0 Å². The second-order valence-corrected chi connectivity index (χ2v) is 6.82. The van der Waals surface area contributed by atoms with Gasteiger partial charge in [0.2, 0.25) is 0 Å². The molecule has 2 rings (SSSR count). The van der Waals surface area contributed by atoms with E-state index in [0.29, 0.717) is 6.04 Å². The third-order valence-electron chi connectivity index (χ3n) is 4.41. The van der Waals surface area contributed by atoms with Gasteiger partial charge >= 0.3 is 0 Å². The number of nitrogens with one attached hydrogen (secondary N) is 1. The summed E-state index contributed by atoms with van der Waals surface area (Å²) in [5.41, 5.74) is 1.37. The number of rotatable bonds is 5. The Morgan fingerprint density at radius 3 is 2.80 bits per heavy atom. The van der Waals surface area contributed by atoms with Crippen molar-refractivity contribution in [2.75, 3.05) is 13.7 Å². The van der Waals surface area contributed by atoms with Crippen LogP contribution in [0.25, 0.3) is 0 Å². The summed E-state index contributed by atoms with van der Waals surface area (Å²) in [6, 6.07) is 6.95. The smallest absolute Gasteiger partial charge is 0.133 e. The maximum Gasteiger partial charge on any atom is 0.133 e. The maximum atomic E-state index is 5.33. The monoisotopic (exact) mass is 339 g/mol. The van der Waals surface area contributed by atoms with Crippen LogP contribution in [-0.2, 0) is 0 Å². The number of halogens is 1. The summed E-state index contributed by atoms with van der Waals surface area (Å²) in [4.78, 5) is 0. The molecule has 0 bridgehead atoms. The van der Waals surface area contributed by atoms with Gasteiger partial charge in [0.05, 0.1) is 11.6 Å². The first kappa shape index (κ1) is 15.8. The van der Waals surface area contributed by atoms with Crippen LogP contribution >= 0.6 is 15.9 Å². The normalized spacial score (nSPS) is 24.4. The Hall–Kier alpha value is -0.540. The molecule has 0 spiro atoms. The molecule has 1 aliphatic rings. The van der Waals surface area contributed by atoms with Gasteiger partial charge in [0.15, 0.2) is 0 Å². The van der Waals surface area contributed by atoms with Gasteiger partial charge < -0.3 is 10.1 Å². The summed E-state index contributed by atoms with van der Waals surface area (Å²) in [5.74, 6) is 2.51. The van der Waals surface area contributed by atoms with E-state index in [-0.39, 0.29) is 0 Å². The zero-order valence-electron chi connectivity index (χ0n) is 12.8. The predicted molar refractivity (Wildman–Crippen MR) is 88.2 cm³/mol. The topological polar surface area (TPSA) is 21.3 Å². The Balaban J connectivity index is 2.21. The van der Waals surface area contributed by atoms with Gasteiger partial charge in [-0.1, -0.05) is 32.8 Å². The van der Waals surface area contributed by atoms with Gasteiger partial charge in [-0.25, -0.2) is 0 Å². The molecule has 0 aliphatic heterocycles. The molecule has 2 nitrogen and oxygen atoms in total. The lowest BCUT2D eigenvalue weighted by Gasteiger charge is -2.34. The van der Waals surface area contributed by atoms with Crippen molar-refractivity contribution < 1.29 is 4.74 Å². The van der Waals surface area contributed by atoms with Gasteiger partial charge in [0, 0.05) is 6.04 Å². The number of hydrogen-bond donors (Lipinski definition) is 1. The average Bonchev–Trinajstić information content (AvgIpc) is 2.44. The molecule has 1 fully saturated rings. The van der Waals surface area contributed by atoms with E-state index in [2.05, 4.69) is 53.3 Å². The van der Waals surface area contributed by atoms with Crippen molar-refractivity contribution in [3.05, 3.63) is 28.2 Å². The third kappa shape index (κ3) is 3.76. The Morgan fingerprint density at radius 1 is 1.40 bits per heavy atom. The van der Waals surface area contributed by atoms with E-state index in [1.807, 2.05) is 0 Å². The highest BCUT2D eigenvalue weighted by Crippen LogP contribution is 2.38.